The van der Waals surface area contributed by atoms with Crippen molar-refractivity contribution in [3.8, 4) is 0 Å². The molecule has 4 aliphatic carbocycles. The Balaban J connectivity index is 1.15. The number of fused-ring (bicyclic) bond motifs is 5. The Labute approximate surface area is 273 Å². The number of esters is 2. The van der Waals surface area contributed by atoms with E-state index in [1.807, 2.05) is 6.08 Å². The molecule has 3 saturated carbocycles. The Morgan fingerprint density at radius 2 is 1.91 bits per heavy atom. The average molecular weight is 653 g/mol. The number of nitrogens with zero attached hydrogens (tertiary/aromatic N) is 1. The number of hydrogen-bond donors (Lipinski definition) is 2. The lowest BCUT2D eigenvalue weighted by Crippen LogP contribution is -2.63. The fourth-order valence-corrected chi connectivity index (χ4v) is 9.22. The first-order chi connectivity index (χ1) is 22.2. The topological polar surface area (TPSA) is 185 Å². The highest BCUT2D eigenvalue weighted by Gasteiger charge is 2.69. The number of allylic oxidation sites excluding steroid dienone is 4. The highest BCUT2D eigenvalue weighted by molar-refractivity contribution is 6.01. The van der Waals surface area contributed by atoms with Crippen molar-refractivity contribution in [3.05, 3.63) is 69.3 Å². The molecule has 8 atom stereocenters. The number of benzene rings is 1. The minimum atomic E-state index is -1.30. The number of ketones is 2. The van der Waals surface area contributed by atoms with Crippen molar-refractivity contribution in [3.63, 3.8) is 0 Å². The number of rotatable bonds is 12. The molecule has 254 valence electrons. The second-order valence-corrected chi connectivity index (χ2v) is 14.2. The van der Waals surface area contributed by atoms with Crippen molar-refractivity contribution in [2.45, 2.75) is 77.9 Å². The summed E-state index contributed by atoms with van der Waals surface area (Å²) >= 11 is 0. The van der Waals surface area contributed by atoms with Gasteiger partial charge < -0.3 is 25.2 Å². The molecule has 4 aliphatic rings. The lowest BCUT2D eigenvalue weighted by atomic mass is 9.39. The number of hydrogen-bond acceptors (Lipinski definition) is 11. The lowest BCUT2D eigenvalue weighted by molar-refractivity contribution is -0.757. The van der Waals surface area contributed by atoms with Crippen LogP contribution in [0.5, 0.6) is 0 Å². The summed E-state index contributed by atoms with van der Waals surface area (Å²) in [6, 6.07) is 5.25. The molecule has 12 nitrogen and oxygen atoms in total. The van der Waals surface area contributed by atoms with Gasteiger partial charge in [0.15, 0.2) is 11.6 Å². The highest BCUT2D eigenvalue weighted by Crippen LogP contribution is 2.73. The van der Waals surface area contributed by atoms with E-state index in [-0.39, 0.29) is 41.0 Å². The van der Waals surface area contributed by atoms with Gasteiger partial charge in [0, 0.05) is 17.3 Å². The van der Waals surface area contributed by atoms with Gasteiger partial charge in [-0.3, -0.25) is 14.4 Å². The molecule has 47 heavy (non-hydrogen) atoms. The smallest absolute Gasteiger partial charge is 0.338 e. The van der Waals surface area contributed by atoms with Crippen LogP contribution >= 0.6 is 0 Å². The van der Waals surface area contributed by atoms with E-state index in [1.54, 1.807) is 30.4 Å². The molecule has 0 heterocycles. The molecule has 0 saturated heterocycles. The fraction of sp³-hybridized carbons (Fsp3) is 0.600. The zero-order chi connectivity index (χ0) is 34.1. The molecule has 3 N–H and O–H groups in total. The quantitative estimate of drug-likeness (QED) is 0.145. The Bertz CT molecular complexity index is 1500. The van der Waals surface area contributed by atoms with Gasteiger partial charge in [-0.05, 0) is 91.5 Å². The number of carbonyl (C=O) groups is 4. The summed E-state index contributed by atoms with van der Waals surface area (Å²) in [4.78, 5) is 65.6. The number of ether oxygens (including phenoxy) is 2. The van der Waals surface area contributed by atoms with Crippen LogP contribution in [0, 0.1) is 44.1 Å². The molecule has 0 spiro atoms. The van der Waals surface area contributed by atoms with Crippen LogP contribution in [0.15, 0.2) is 48.1 Å². The Hall–Kier alpha value is -3.90. The van der Waals surface area contributed by atoms with Gasteiger partial charge in [-0.25, -0.2) is 4.79 Å². The molecule has 0 aromatic heterocycles. The summed E-state index contributed by atoms with van der Waals surface area (Å²) in [6.07, 6.45) is 8.89. The normalized spacial score (nSPS) is 33.0. The van der Waals surface area contributed by atoms with Gasteiger partial charge in [0.05, 0.1) is 18.3 Å². The van der Waals surface area contributed by atoms with Gasteiger partial charge in [-0.2, -0.15) is 0 Å². The third kappa shape index (κ3) is 6.37. The number of nitrogens with two attached hydrogens (primary N) is 1. The molecule has 3 fully saturated rings. The maximum Gasteiger partial charge on any atom is 0.338 e. The summed E-state index contributed by atoms with van der Waals surface area (Å²) in [5.41, 5.74) is 6.80. The minimum absolute atomic E-state index is 0.0132. The summed E-state index contributed by atoms with van der Waals surface area (Å²) in [5, 5.41) is 21.2. The maximum absolute atomic E-state index is 13.6. The molecular weight excluding hydrogens is 608 g/mol. The van der Waals surface area contributed by atoms with Crippen LogP contribution in [-0.4, -0.2) is 65.7 Å². The Morgan fingerprint density at radius 3 is 2.66 bits per heavy atom. The summed E-state index contributed by atoms with van der Waals surface area (Å²) < 4.78 is 10.5. The van der Waals surface area contributed by atoms with E-state index >= 15 is 0 Å². The third-order valence-electron chi connectivity index (χ3n) is 11.9. The third-order valence-corrected chi connectivity index (χ3v) is 11.9. The molecule has 5 rings (SSSR count). The van der Waals surface area contributed by atoms with E-state index in [0.717, 1.165) is 30.4 Å². The number of carbonyl (C=O) groups excluding carboxylic acids is 4. The first-order valence-electron chi connectivity index (χ1n) is 16.3. The molecule has 1 aromatic rings. The van der Waals surface area contributed by atoms with E-state index < -0.39 is 59.1 Å². The van der Waals surface area contributed by atoms with Crippen LogP contribution in [0.25, 0.3) is 0 Å². The number of aliphatic hydroxyl groups is 1. The standard InChI is InChI=1S/C35H44N2O10/c1-33-14-13-26(34(33,2)18-30(40)35(3)25-11-10-24(38)17-22(25)9-12-29(33)35)28(39)20-46-32(42)27(36)19-45-31(41)23-8-4-6-21(16-23)7-5-15-47-37(43)44/h4,6,8,10-11,16-17,25-27,29-30,40H,5,7,9,12-15,18-20,36H2,1-3H3/t25?,26?,27?,29?,30-,33?,34+,35?/m0/s1. The van der Waals surface area contributed by atoms with Gasteiger partial charge in [0.1, 0.15) is 19.3 Å². The highest BCUT2D eigenvalue weighted by atomic mass is 16.9. The molecule has 0 bridgehead atoms. The predicted molar refractivity (Wildman–Crippen MR) is 168 cm³/mol. The van der Waals surface area contributed by atoms with Crippen molar-refractivity contribution in [2.24, 2.45) is 39.7 Å². The van der Waals surface area contributed by atoms with Gasteiger partial charge in [-0.15, -0.1) is 10.1 Å². The predicted octanol–water partition coefficient (Wildman–Crippen LogP) is 3.71. The monoisotopic (exact) mass is 652 g/mol. The zero-order valence-corrected chi connectivity index (χ0v) is 27.1. The number of Topliss-reactive ketones (excluding diaryl/α,β-unsaturated/α-hetero) is 1. The van der Waals surface area contributed by atoms with Crippen LogP contribution in [0.1, 0.15) is 75.2 Å². The zero-order valence-electron chi connectivity index (χ0n) is 27.1. The van der Waals surface area contributed by atoms with E-state index in [2.05, 4.69) is 25.6 Å². The van der Waals surface area contributed by atoms with Crippen molar-refractivity contribution < 1.29 is 43.7 Å². The van der Waals surface area contributed by atoms with E-state index in [4.69, 9.17) is 15.2 Å². The molecule has 0 aliphatic heterocycles. The number of aryl methyl sites for hydroxylation is 1. The average Bonchev–Trinajstić information content (AvgIpc) is 3.30. The fourth-order valence-electron chi connectivity index (χ4n) is 9.22. The van der Waals surface area contributed by atoms with Crippen LogP contribution < -0.4 is 5.73 Å². The first kappa shape index (κ1) is 34.4. The van der Waals surface area contributed by atoms with Gasteiger partial charge in [0.25, 0.3) is 5.09 Å². The lowest BCUT2D eigenvalue weighted by Gasteiger charge is -2.65. The van der Waals surface area contributed by atoms with Crippen molar-refractivity contribution in [1.29, 1.82) is 0 Å². The number of aliphatic hydroxyl groups excluding tert-OH is 1. The maximum atomic E-state index is 13.6. The van der Waals surface area contributed by atoms with Crippen molar-refractivity contribution in [2.75, 3.05) is 19.8 Å². The van der Waals surface area contributed by atoms with Crippen molar-refractivity contribution in [1.82, 2.24) is 0 Å². The molecular formula is C35H44N2O10. The van der Waals surface area contributed by atoms with E-state index in [9.17, 15) is 34.4 Å². The van der Waals surface area contributed by atoms with Crippen LogP contribution in [0.3, 0.4) is 0 Å². The van der Waals surface area contributed by atoms with Gasteiger partial charge in [-0.1, -0.05) is 44.6 Å². The Kier molecular flexibility index (Phi) is 9.75. The summed E-state index contributed by atoms with van der Waals surface area (Å²) in [6.45, 7) is 5.47. The van der Waals surface area contributed by atoms with Crippen LogP contribution in [0.4, 0.5) is 0 Å². The SMILES string of the molecule is CC12C3C=CC(=O)C=C3CCC1C1(C)CCC(C(=O)COC(=O)C(N)COC(=O)c3cccc(CCCO[N+](=O)[O-])c3)[C@@]1(C)C[C@@H]2O. The Morgan fingerprint density at radius 1 is 1.15 bits per heavy atom. The first-order valence-corrected chi connectivity index (χ1v) is 16.3. The van der Waals surface area contributed by atoms with Gasteiger partial charge >= 0.3 is 11.9 Å². The van der Waals surface area contributed by atoms with Gasteiger partial charge in [0.2, 0.25) is 0 Å². The minimum Gasteiger partial charge on any atom is -0.460 e. The van der Waals surface area contributed by atoms with Crippen LogP contribution in [0.2, 0.25) is 0 Å². The largest absolute Gasteiger partial charge is 0.460 e. The van der Waals surface area contributed by atoms with E-state index in [0.29, 0.717) is 25.7 Å². The molecule has 12 heteroatoms. The van der Waals surface area contributed by atoms with E-state index in [1.165, 1.54) is 6.07 Å². The molecule has 0 amide bonds. The van der Waals surface area contributed by atoms with Crippen molar-refractivity contribution >= 4 is 23.5 Å². The second kappa shape index (κ2) is 13.3. The second-order valence-electron chi connectivity index (χ2n) is 14.2. The summed E-state index contributed by atoms with van der Waals surface area (Å²) in [5.74, 6) is -2.09. The molecule has 6 unspecified atom stereocenters. The molecule has 1 aromatic carbocycles. The molecule has 0 radical (unpaired) electrons. The summed E-state index contributed by atoms with van der Waals surface area (Å²) in [7, 11) is 0. The van der Waals surface area contributed by atoms with Crippen LogP contribution in [-0.2, 0) is 35.1 Å².